The van der Waals surface area contributed by atoms with E-state index in [1.54, 1.807) is 0 Å². The lowest BCUT2D eigenvalue weighted by Gasteiger charge is -2.16. The molecular formula is C25H21N5O. The zero-order valence-electron chi connectivity index (χ0n) is 17.0. The van der Waals surface area contributed by atoms with Crippen LogP contribution in [0.4, 0.5) is 5.82 Å². The third-order valence-electron chi connectivity index (χ3n) is 5.75. The van der Waals surface area contributed by atoms with E-state index in [4.69, 9.17) is 10.5 Å². The Balaban J connectivity index is 1.34. The Morgan fingerprint density at radius 2 is 1.74 bits per heavy atom. The van der Waals surface area contributed by atoms with Crippen LogP contribution in [0, 0.1) is 0 Å². The number of hydrogen-bond acceptors (Lipinski definition) is 4. The minimum absolute atomic E-state index is 0.0618. The SMILES string of the molecule is CC(Cn1cnc2c(N)nc3ccccc3c21)Oc1ccc2[nH]c3ccccc3c2c1. The van der Waals surface area contributed by atoms with Gasteiger partial charge in [0, 0.05) is 27.2 Å². The molecule has 6 heteroatoms. The number of imidazole rings is 1. The van der Waals surface area contributed by atoms with E-state index in [0.29, 0.717) is 12.4 Å². The number of nitrogens with one attached hydrogen (secondary N) is 1. The van der Waals surface area contributed by atoms with Gasteiger partial charge in [-0.05, 0) is 37.3 Å². The molecule has 0 aliphatic heterocycles. The van der Waals surface area contributed by atoms with Crippen LogP contribution in [0.25, 0.3) is 43.7 Å². The molecule has 1 unspecified atom stereocenters. The molecule has 0 saturated heterocycles. The maximum absolute atomic E-state index is 6.30. The molecule has 6 aromatic rings. The Labute approximate surface area is 178 Å². The Kier molecular flexibility index (Phi) is 3.86. The van der Waals surface area contributed by atoms with Crippen molar-refractivity contribution in [1.82, 2.24) is 19.5 Å². The van der Waals surface area contributed by atoms with E-state index in [9.17, 15) is 0 Å². The normalized spacial score (nSPS) is 12.8. The first-order valence-corrected chi connectivity index (χ1v) is 10.3. The van der Waals surface area contributed by atoms with E-state index in [0.717, 1.165) is 38.7 Å². The van der Waals surface area contributed by atoms with Crippen molar-refractivity contribution in [3.8, 4) is 5.75 Å². The molecular weight excluding hydrogens is 386 g/mol. The average Bonchev–Trinajstić information content (AvgIpc) is 3.36. The van der Waals surface area contributed by atoms with E-state index in [1.165, 1.54) is 10.8 Å². The van der Waals surface area contributed by atoms with Gasteiger partial charge in [0.15, 0.2) is 5.82 Å². The minimum Gasteiger partial charge on any atom is -0.489 e. The molecule has 3 heterocycles. The number of ether oxygens (including phenoxy) is 1. The lowest BCUT2D eigenvalue weighted by Crippen LogP contribution is -2.19. The van der Waals surface area contributed by atoms with Gasteiger partial charge in [-0.2, -0.15) is 0 Å². The van der Waals surface area contributed by atoms with Gasteiger partial charge in [-0.25, -0.2) is 9.97 Å². The molecule has 0 bridgehead atoms. The van der Waals surface area contributed by atoms with E-state index >= 15 is 0 Å². The van der Waals surface area contributed by atoms with Crippen molar-refractivity contribution in [1.29, 1.82) is 0 Å². The molecule has 0 aliphatic rings. The zero-order chi connectivity index (χ0) is 20.9. The van der Waals surface area contributed by atoms with Gasteiger partial charge in [0.1, 0.15) is 17.4 Å². The molecule has 3 aromatic carbocycles. The highest BCUT2D eigenvalue weighted by molar-refractivity contribution is 6.08. The molecule has 0 saturated carbocycles. The Bertz CT molecular complexity index is 1580. The number of anilines is 1. The van der Waals surface area contributed by atoms with Gasteiger partial charge >= 0.3 is 0 Å². The fourth-order valence-electron chi connectivity index (χ4n) is 4.39. The first-order chi connectivity index (χ1) is 15.2. The Hall–Kier alpha value is -4.06. The van der Waals surface area contributed by atoms with Crippen LogP contribution < -0.4 is 10.5 Å². The largest absolute Gasteiger partial charge is 0.489 e. The van der Waals surface area contributed by atoms with Gasteiger partial charge in [0.25, 0.3) is 0 Å². The second-order valence-electron chi connectivity index (χ2n) is 7.91. The number of aromatic amines is 1. The maximum Gasteiger partial charge on any atom is 0.152 e. The molecule has 0 fully saturated rings. The quantitative estimate of drug-likeness (QED) is 0.417. The van der Waals surface area contributed by atoms with Crippen LogP contribution in [0.5, 0.6) is 5.75 Å². The number of rotatable bonds is 4. The number of benzene rings is 3. The van der Waals surface area contributed by atoms with Gasteiger partial charge in [0.2, 0.25) is 0 Å². The van der Waals surface area contributed by atoms with Crippen LogP contribution in [0.15, 0.2) is 73.1 Å². The van der Waals surface area contributed by atoms with Gasteiger partial charge in [0.05, 0.1) is 23.9 Å². The van der Waals surface area contributed by atoms with Crippen molar-refractivity contribution in [2.45, 2.75) is 19.6 Å². The standard InChI is InChI=1S/C25H21N5O/c1-15(31-16-10-11-22-19(12-16)17-6-2-4-8-20(17)28-22)13-30-14-27-23-24(30)18-7-3-5-9-21(18)29-25(23)26/h2-12,14-15,28H,13H2,1H3,(H2,26,29). The molecule has 152 valence electrons. The molecule has 3 N–H and O–H groups in total. The molecule has 3 aromatic heterocycles. The number of fused-ring (bicyclic) bond motifs is 6. The number of H-pyrrole nitrogens is 1. The van der Waals surface area contributed by atoms with Gasteiger partial charge in [-0.15, -0.1) is 0 Å². The summed E-state index contributed by atoms with van der Waals surface area (Å²) < 4.78 is 8.40. The Morgan fingerprint density at radius 1 is 0.968 bits per heavy atom. The smallest absolute Gasteiger partial charge is 0.152 e. The number of aromatic nitrogens is 4. The maximum atomic E-state index is 6.30. The zero-order valence-corrected chi connectivity index (χ0v) is 17.0. The van der Waals surface area contributed by atoms with Crippen molar-refractivity contribution in [3.63, 3.8) is 0 Å². The molecule has 0 radical (unpaired) electrons. The summed E-state index contributed by atoms with van der Waals surface area (Å²) in [5.41, 5.74) is 11.0. The number of nitrogens with zero attached hydrogens (tertiary/aromatic N) is 3. The van der Waals surface area contributed by atoms with E-state index in [-0.39, 0.29) is 6.10 Å². The monoisotopic (exact) mass is 407 g/mol. The van der Waals surface area contributed by atoms with Crippen LogP contribution in [0.3, 0.4) is 0 Å². The second kappa shape index (κ2) is 6.74. The molecule has 0 amide bonds. The van der Waals surface area contributed by atoms with Gasteiger partial charge < -0.3 is 20.0 Å². The third-order valence-corrected chi connectivity index (χ3v) is 5.75. The van der Waals surface area contributed by atoms with Crippen LogP contribution in [-0.2, 0) is 6.54 Å². The predicted molar refractivity (Wildman–Crippen MR) is 125 cm³/mol. The fraction of sp³-hybridized carbons (Fsp3) is 0.120. The first kappa shape index (κ1) is 17.8. The summed E-state index contributed by atoms with van der Waals surface area (Å²) in [6.45, 7) is 2.72. The van der Waals surface area contributed by atoms with Crippen molar-refractivity contribution in [2.24, 2.45) is 0 Å². The Morgan fingerprint density at radius 3 is 2.65 bits per heavy atom. The van der Waals surface area contributed by atoms with Crippen molar-refractivity contribution >= 4 is 49.6 Å². The summed E-state index contributed by atoms with van der Waals surface area (Å²) >= 11 is 0. The summed E-state index contributed by atoms with van der Waals surface area (Å²) in [5.74, 6) is 1.30. The highest BCUT2D eigenvalue weighted by Crippen LogP contribution is 2.30. The topological polar surface area (TPSA) is 81.8 Å². The van der Waals surface area contributed by atoms with E-state index < -0.39 is 0 Å². The molecule has 1 atom stereocenters. The highest BCUT2D eigenvalue weighted by Gasteiger charge is 2.15. The van der Waals surface area contributed by atoms with Crippen molar-refractivity contribution < 1.29 is 4.74 Å². The predicted octanol–water partition coefficient (Wildman–Crippen LogP) is 5.27. The summed E-state index contributed by atoms with van der Waals surface area (Å²) in [7, 11) is 0. The fourth-order valence-corrected chi connectivity index (χ4v) is 4.39. The van der Waals surface area contributed by atoms with Crippen LogP contribution in [-0.4, -0.2) is 25.6 Å². The second-order valence-corrected chi connectivity index (χ2v) is 7.91. The lowest BCUT2D eigenvalue weighted by atomic mass is 10.1. The molecule has 0 aliphatic carbocycles. The number of nitrogens with two attached hydrogens (primary N) is 1. The molecule has 31 heavy (non-hydrogen) atoms. The van der Waals surface area contributed by atoms with Crippen LogP contribution in [0.1, 0.15) is 6.92 Å². The van der Waals surface area contributed by atoms with E-state index in [1.807, 2.05) is 36.7 Å². The average molecular weight is 407 g/mol. The van der Waals surface area contributed by atoms with Crippen molar-refractivity contribution in [2.75, 3.05) is 5.73 Å². The van der Waals surface area contributed by atoms with Gasteiger partial charge in [-0.1, -0.05) is 36.4 Å². The lowest BCUT2D eigenvalue weighted by molar-refractivity contribution is 0.201. The number of nitrogen functional groups attached to an aromatic ring is 1. The highest BCUT2D eigenvalue weighted by atomic mass is 16.5. The summed E-state index contributed by atoms with van der Waals surface area (Å²) in [6, 6.07) is 22.5. The van der Waals surface area contributed by atoms with Crippen LogP contribution >= 0.6 is 0 Å². The van der Waals surface area contributed by atoms with Crippen LogP contribution in [0.2, 0.25) is 0 Å². The molecule has 6 nitrogen and oxygen atoms in total. The molecule has 6 rings (SSSR count). The minimum atomic E-state index is -0.0618. The van der Waals surface area contributed by atoms with E-state index in [2.05, 4.69) is 62.8 Å². The number of hydrogen-bond donors (Lipinski definition) is 2. The number of para-hydroxylation sites is 2. The first-order valence-electron chi connectivity index (χ1n) is 10.3. The third kappa shape index (κ3) is 2.87. The molecule has 0 spiro atoms. The summed E-state index contributed by atoms with van der Waals surface area (Å²) in [6.07, 6.45) is 1.76. The number of pyridine rings is 1. The van der Waals surface area contributed by atoms with Crippen molar-refractivity contribution in [3.05, 3.63) is 73.1 Å². The summed E-state index contributed by atoms with van der Waals surface area (Å²) in [5, 5.41) is 3.40. The summed E-state index contributed by atoms with van der Waals surface area (Å²) in [4.78, 5) is 12.4. The van der Waals surface area contributed by atoms with Gasteiger partial charge in [-0.3, -0.25) is 0 Å².